The molecule has 1 aliphatic heterocycles. The van der Waals surface area contributed by atoms with Crippen LogP contribution in [-0.2, 0) is 11.3 Å². The first-order valence-corrected chi connectivity index (χ1v) is 7.85. The van der Waals surface area contributed by atoms with Crippen molar-refractivity contribution in [3.8, 4) is 0 Å². The van der Waals surface area contributed by atoms with Crippen molar-refractivity contribution >= 4 is 27.5 Å². The number of thiazole rings is 1. The van der Waals surface area contributed by atoms with Crippen LogP contribution in [0.3, 0.4) is 0 Å². The second kappa shape index (κ2) is 5.89. The first-order chi connectivity index (χ1) is 9.72. The maximum atomic E-state index is 12.1. The quantitative estimate of drug-likeness (QED) is 0.867. The van der Waals surface area contributed by atoms with Crippen molar-refractivity contribution in [3.63, 3.8) is 0 Å². The Balaban J connectivity index is 1.60. The van der Waals surface area contributed by atoms with Crippen LogP contribution >= 0.6 is 11.3 Å². The molecule has 1 amide bonds. The van der Waals surface area contributed by atoms with E-state index >= 15 is 0 Å². The maximum absolute atomic E-state index is 12.1. The van der Waals surface area contributed by atoms with Gasteiger partial charge in [-0.1, -0.05) is 12.1 Å². The van der Waals surface area contributed by atoms with Crippen LogP contribution in [0.1, 0.15) is 17.8 Å². The lowest BCUT2D eigenvalue weighted by Crippen LogP contribution is -2.36. The molecule has 0 N–H and O–H groups in total. The number of aromatic nitrogens is 1. The number of rotatable bonds is 4. The highest BCUT2D eigenvalue weighted by Crippen LogP contribution is 2.22. The normalized spacial score (nSPS) is 15.4. The second-order valence-electron chi connectivity index (χ2n) is 5.34. The van der Waals surface area contributed by atoms with Crippen molar-refractivity contribution in [2.45, 2.75) is 19.4 Å². The lowest BCUT2D eigenvalue weighted by molar-refractivity contribution is -0.131. The van der Waals surface area contributed by atoms with Crippen molar-refractivity contribution in [2.75, 3.05) is 26.7 Å². The zero-order valence-electron chi connectivity index (χ0n) is 11.7. The van der Waals surface area contributed by atoms with Gasteiger partial charge in [0, 0.05) is 13.1 Å². The van der Waals surface area contributed by atoms with E-state index in [9.17, 15) is 4.79 Å². The monoisotopic (exact) mass is 289 g/mol. The molecule has 1 aliphatic rings. The molecule has 4 nitrogen and oxygen atoms in total. The molecule has 2 aromatic rings. The number of para-hydroxylation sites is 1. The summed E-state index contributed by atoms with van der Waals surface area (Å²) in [5.41, 5.74) is 1.05. The molecule has 0 aliphatic carbocycles. The van der Waals surface area contributed by atoms with Gasteiger partial charge >= 0.3 is 0 Å². The summed E-state index contributed by atoms with van der Waals surface area (Å²) in [6.45, 7) is 3.07. The van der Waals surface area contributed by atoms with Crippen LogP contribution in [0.5, 0.6) is 0 Å². The van der Waals surface area contributed by atoms with E-state index in [0.29, 0.717) is 6.54 Å². The van der Waals surface area contributed by atoms with Gasteiger partial charge in [-0.05, 0) is 32.0 Å². The van der Waals surface area contributed by atoms with Crippen LogP contribution in [0.2, 0.25) is 0 Å². The highest BCUT2D eigenvalue weighted by atomic mass is 32.1. The number of likely N-dealkylation sites (tertiary alicyclic amines) is 1. The number of carbonyl (C=O) groups is 1. The Morgan fingerprint density at radius 1 is 1.35 bits per heavy atom. The molecule has 3 rings (SSSR count). The molecule has 0 spiro atoms. The van der Waals surface area contributed by atoms with Crippen molar-refractivity contribution in [3.05, 3.63) is 29.3 Å². The smallest absolute Gasteiger partial charge is 0.236 e. The van der Waals surface area contributed by atoms with Gasteiger partial charge < -0.3 is 4.90 Å². The van der Waals surface area contributed by atoms with E-state index in [1.807, 2.05) is 30.1 Å². The highest BCUT2D eigenvalue weighted by Gasteiger charge is 2.19. The minimum absolute atomic E-state index is 0.242. The van der Waals surface area contributed by atoms with Gasteiger partial charge in [-0.3, -0.25) is 9.69 Å². The first-order valence-electron chi connectivity index (χ1n) is 7.03. The average molecular weight is 289 g/mol. The summed E-state index contributed by atoms with van der Waals surface area (Å²) in [4.78, 5) is 20.7. The number of amides is 1. The molecular weight excluding hydrogens is 270 g/mol. The highest BCUT2D eigenvalue weighted by molar-refractivity contribution is 7.18. The van der Waals surface area contributed by atoms with Crippen molar-refractivity contribution in [2.24, 2.45) is 0 Å². The SMILES string of the molecule is CN(CC(=O)N1CCCC1)Cc1nc2ccccc2s1. The Labute approximate surface area is 123 Å². The zero-order valence-corrected chi connectivity index (χ0v) is 12.5. The molecular formula is C15H19N3OS. The summed E-state index contributed by atoms with van der Waals surface area (Å²) in [6, 6.07) is 8.16. The topological polar surface area (TPSA) is 36.4 Å². The van der Waals surface area contributed by atoms with Gasteiger partial charge in [-0.15, -0.1) is 11.3 Å². The lowest BCUT2D eigenvalue weighted by Gasteiger charge is -2.20. The molecule has 1 aromatic heterocycles. The predicted molar refractivity (Wildman–Crippen MR) is 81.8 cm³/mol. The molecule has 0 unspecified atom stereocenters. The molecule has 106 valence electrons. The summed E-state index contributed by atoms with van der Waals surface area (Å²) in [5, 5.41) is 1.07. The summed E-state index contributed by atoms with van der Waals surface area (Å²) < 4.78 is 1.21. The number of nitrogens with zero attached hydrogens (tertiary/aromatic N) is 3. The number of fused-ring (bicyclic) bond motifs is 1. The number of benzene rings is 1. The fraction of sp³-hybridized carbons (Fsp3) is 0.467. The van der Waals surface area contributed by atoms with E-state index in [1.54, 1.807) is 11.3 Å². The van der Waals surface area contributed by atoms with Gasteiger partial charge in [0.15, 0.2) is 0 Å². The Morgan fingerprint density at radius 2 is 2.10 bits per heavy atom. The Bertz CT molecular complexity index is 571. The molecule has 1 aromatic carbocycles. The third kappa shape index (κ3) is 2.99. The molecule has 20 heavy (non-hydrogen) atoms. The molecule has 0 saturated carbocycles. The van der Waals surface area contributed by atoms with Crippen LogP contribution in [0, 0.1) is 0 Å². The lowest BCUT2D eigenvalue weighted by atomic mass is 10.3. The molecule has 0 bridgehead atoms. The van der Waals surface area contributed by atoms with Gasteiger partial charge in [0.2, 0.25) is 5.91 Å². The van der Waals surface area contributed by atoms with Gasteiger partial charge in [0.1, 0.15) is 5.01 Å². The average Bonchev–Trinajstić information content (AvgIpc) is 3.07. The largest absolute Gasteiger partial charge is 0.342 e. The molecule has 5 heteroatoms. The molecule has 1 saturated heterocycles. The molecule has 1 fully saturated rings. The third-order valence-corrected chi connectivity index (χ3v) is 4.63. The summed E-state index contributed by atoms with van der Waals surface area (Å²) >= 11 is 1.71. The van der Waals surface area contributed by atoms with E-state index in [1.165, 1.54) is 4.70 Å². The Hall–Kier alpha value is -1.46. The van der Waals surface area contributed by atoms with E-state index in [2.05, 4.69) is 16.0 Å². The zero-order chi connectivity index (χ0) is 13.9. The first kappa shape index (κ1) is 13.5. The Kier molecular flexibility index (Phi) is 3.98. The summed E-state index contributed by atoms with van der Waals surface area (Å²) in [6.07, 6.45) is 2.29. The maximum Gasteiger partial charge on any atom is 0.236 e. The minimum Gasteiger partial charge on any atom is -0.342 e. The number of hydrogen-bond donors (Lipinski definition) is 0. The molecule has 0 radical (unpaired) electrons. The minimum atomic E-state index is 0.242. The van der Waals surface area contributed by atoms with Crippen molar-refractivity contribution in [1.82, 2.24) is 14.8 Å². The summed E-state index contributed by atoms with van der Waals surface area (Å²) in [5.74, 6) is 0.242. The van der Waals surface area contributed by atoms with E-state index in [4.69, 9.17) is 0 Å². The predicted octanol–water partition coefficient (Wildman–Crippen LogP) is 2.35. The van der Waals surface area contributed by atoms with Crippen LogP contribution < -0.4 is 0 Å². The number of likely N-dealkylation sites (N-methyl/N-ethyl adjacent to an activating group) is 1. The fourth-order valence-corrected chi connectivity index (χ4v) is 3.62. The van der Waals surface area contributed by atoms with Crippen molar-refractivity contribution in [1.29, 1.82) is 0 Å². The van der Waals surface area contributed by atoms with E-state index in [0.717, 1.165) is 43.0 Å². The van der Waals surface area contributed by atoms with Crippen LogP contribution in [0.15, 0.2) is 24.3 Å². The van der Waals surface area contributed by atoms with E-state index in [-0.39, 0.29) is 5.91 Å². The third-order valence-electron chi connectivity index (χ3n) is 3.61. The molecule has 0 atom stereocenters. The van der Waals surface area contributed by atoms with E-state index < -0.39 is 0 Å². The Morgan fingerprint density at radius 3 is 2.85 bits per heavy atom. The molecule has 2 heterocycles. The standard InChI is InChI=1S/C15H19N3OS/c1-17(11-15(19)18-8-4-5-9-18)10-14-16-12-6-2-3-7-13(12)20-14/h2-3,6-7H,4-5,8-11H2,1H3. The van der Waals surface area contributed by atoms with Crippen LogP contribution in [0.4, 0.5) is 0 Å². The van der Waals surface area contributed by atoms with Gasteiger partial charge in [0.25, 0.3) is 0 Å². The fourth-order valence-electron chi connectivity index (χ4n) is 2.57. The number of carbonyl (C=O) groups excluding carboxylic acids is 1. The summed E-state index contributed by atoms with van der Waals surface area (Å²) in [7, 11) is 1.99. The van der Waals surface area contributed by atoms with Gasteiger partial charge in [-0.2, -0.15) is 0 Å². The van der Waals surface area contributed by atoms with Gasteiger partial charge in [-0.25, -0.2) is 4.98 Å². The van der Waals surface area contributed by atoms with Crippen LogP contribution in [0.25, 0.3) is 10.2 Å². The van der Waals surface area contributed by atoms with Gasteiger partial charge in [0.05, 0.1) is 23.3 Å². The van der Waals surface area contributed by atoms with Crippen molar-refractivity contribution < 1.29 is 4.79 Å². The number of hydrogen-bond acceptors (Lipinski definition) is 4. The second-order valence-corrected chi connectivity index (χ2v) is 6.45. The van der Waals surface area contributed by atoms with Crippen LogP contribution in [-0.4, -0.2) is 47.4 Å².